The molecule has 1 unspecified atom stereocenters. The lowest BCUT2D eigenvalue weighted by Crippen LogP contribution is -2.43. The fourth-order valence-corrected chi connectivity index (χ4v) is 2.23. The Labute approximate surface area is 108 Å². The van der Waals surface area contributed by atoms with Crippen molar-refractivity contribution in [2.24, 2.45) is 0 Å². The zero-order valence-corrected chi connectivity index (χ0v) is 10.6. The van der Waals surface area contributed by atoms with Gasteiger partial charge in [0.15, 0.2) is 0 Å². The summed E-state index contributed by atoms with van der Waals surface area (Å²) in [7, 11) is 0. The predicted octanol–water partition coefficient (Wildman–Crippen LogP) is 2.59. The molecule has 3 nitrogen and oxygen atoms in total. The zero-order valence-electron chi connectivity index (χ0n) is 10.6. The first-order valence-corrected chi connectivity index (χ1v) is 6.51. The quantitative estimate of drug-likeness (QED) is 0.811. The molecule has 0 saturated carbocycles. The second-order valence-corrected chi connectivity index (χ2v) is 4.68. The molecule has 1 N–H and O–H groups in total. The molecule has 1 heterocycles. The van der Waals surface area contributed by atoms with Crippen LogP contribution in [-0.2, 0) is 6.42 Å². The number of hydrogen-bond donors (Lipinski definition) is 1. The standard InChI is InChI=1S/C15H20N2O/c1-2-14(12-13-8-4-3-5-9-13)16-15(18)17-10-6-7-11-17/h2-5,8-9,14H,1,6-7,10-12H2,(H,16,18). The first-order chi connectivity index (χ1) is 8.79. The molecule has 2 rings (SSSR count). The van der Waals surface area contributed by atoms with Gasteiger partial charge in [-0.2, -0.15) is 0 Å². The smallest absolute Gasteiger partial charge is 0.317 e. The van der Waals surface area contributed by atoms with Gasteiger partial charge in [-0.1, -0.05) is 36.4 Å². The highest BCUT2D eigenvalue weighted by atomic mass is 16.2. The van der Waals surface area contributed by atoms with Crippen LogP contribution >= 0.6 is 0 Å². The fourth-order valence-electron chi connectivity index (χ4n) is 2.23. The maximum Gasteiger partial charge on any atom is 0.317 e. The molecule has 1 atom stereocenters. The average molecular weight is 244 g/mol. The van der Waals surface area contributed by atoms with E-state index in [1.807, 2.05) is 23.1 Å². The Morgan fingerprint density at radius 1 is 1.33 bits per heavy atom. The minimum Gasteiger partial charge on any atom is -0.331 e. The van der Waals surface area contributed by atoms with Crippen LogP contribution in [0.3, 0.4) is 0 Å². The van der Waals surface area contributed by atoms with Gasteiger partial charge in [0, 0.05) is 13.1 Å². The number of rotatable bonds is 4. The third-order valence-electron chi connectivity index (χ3n) is 3.29. The lowest BCUT2D eigenvalue weighted by Gasteiger charge is -2.21. The highest BCUT2D eigenvalue weighted by molar-refractivity contribution is 5.75. The average Bonchev–Trinajstić information content (AvgIpc) is 2.93. The molecule has 1 aliphatic heterocycles. The highest BCUT2D eigenvalue weighted by Gasteiger charge is 2.19. The molecule has 0 radical (unpaired) electrons. The molecule has 1 fully saturated rings. The predicted molar refractivity (Wildman–Crippen MR) is 73.5 cm³/mol. The summed E-state index contributed by atoms with van der Waals surface area (Å²) >= 11 is 0. The van der Waals surface area contributed by atoms with Crippen molar-refractivity contribution in [3.8, 4) is 0 Å². The summed E-state index contributed by atoms with van der Waals surface area (Å²) in [5.74, 6) is 0. The Balaban J connectivity index is 1.89. The lowest BCUT2D eigenvalue weighted by atomic mass is 10.1. The summed E-state index contributed by atoms with van der Waals surface area (Å²) in [5, 5.41) is 3.03. The number of hydrogen-bond acceptors (Lipinski definition) is 1. The fraction of sp³-hybridized carbons (Fsp3) is 0.400. The van der Waals surface area contributed by atoms with Crippen LogP contribution in [-0.4, -0.2) is 30.1 Å². The molecule has 1 aliphatic rings. The van der Waals surface area contributed by atoms with Crippen molar-refractivity contribution in [2.75, 3.05) is 13.1 Å². The van der Waals surface area contributed by atoms with Gasteiger partial charge in [-0.05, 0) is 24.8 Å². The monoisotopic (exact) mass is 244 g/mol. The van der Waals surface area contributed by atoms with Gasteiger partial charge < -0.3 is 10.2 Å². The van der Waals surface area contributed by atoms with Crippen molar-refractivity contribution >= 4 is 6.03 Å². The van der Waals surface area contributed by atoms with Gasteiger partial charge in [0.05, 0.1) is 6.04 Å². The molecule has 0 aliphatic carbocycles. The summed E-state index contributed by atoms with van der Waals surface area (Å²) < 4.78 is 0. The minimum atomic E-state index is 0.000463. The second-order valence-electron chi connectivity index (χ2n) is 4.68. The largest absolute Gasteiger partial charge is 0.331 e. The van der Waals surface area contributed by atoms with Crippen molar-refractivity contribution in [3.63, 3.8) is 0 Å². The van der Waals surface area contributed by atoms with E-state index in [4.69, 9.17) is 0 Å². The van der Waals surface area contributed by atoms with Crippen molar-refractivity contribution in [3.05, 3.63) is 48.6 Å². The molecule has 1 saturated heterocycles. The number of nitrogens with zero attached hydrogens (tertiary/aromatic N) is 1. The molecule has 0 spiro atoms. The van der Waals surface area contributed by atoms with Crippen LogP contribution in [0.25, 0.3) is 0 Å². The lowest BCUT2D eigenvalue weighted by molar-refractivity contribution is 0.206. The number of benzene rings is 1. The summed E-state index contributed by atoms with van der Waals surface area (Å²) in [6, 6.07) is 10.2. The van der Waals surface area contributed by atoms with Crippen LogP contribution in [0, 0.1) is 0 Å². The number of likely N-dealkylation sites (tertiary alicyclic amines) is 1. The van der Waals surface area contributed by atoms with Gasteiger partial charge >= 0.3 is 6.03 Å². The third kappa shape index (κ3) is 3.36. The molecule has 96 valence electrons. The molecule has 18 heavy (non-hydrogen) atoms. The van der Waals surface area contributed by atoms with Gasteiger partial charge in [0.2, 0.25) is 0 Å². The molecule has 1 aromatic carbocycles. The van der Waals surface area contributed by atoms with E-state index in [0.29, 0.717) is 0 Å². The molecule has 0 bridgehead atoms. The molecule has 3 heteroatoms. The third-order valence-corrected chi connectivity index (χ3v) is 3.29. The van der Waals surface area contributed by atoms with Crippen LogP contribution in [0.15, 0.2) is 43.0 Å². The minimum absolute atomic E-state index is 0.000463. The number of urea groups is 1. The maximum atomic E-state index is 12.0. The van der Waals surface area contributed by atoms with E-state index in [1.54, 1.807) is 6.08 Å². The summed E-state index contributed by atoms with van der Waals surface area (Å²) in [5.41, 5.74) is 1.21. The summed E-state index contributed by atoms with van der Waals surface area (Å²) in [6.45, 7) is 5.56. The molecule has 2 amide bonds. The highest BCUT2D eigenvalue weighted by Crippen LogP contribution is 2.09. The van der Waals surface area contributed by atoms with Crippen molar-refractivity contribution in [1.29, 1.82) is 0 Å². The van der Waals surface area contributed by atoms with Crippen LogP contribution in [0.1, 0.15) is 18.4 Å². The van der Waals surface area contributed by atoms with E-state index in [1.165, 1.54) is 5.56 Å². The van der Waals surface area contributed by atoms with Crippen molar-refractivity contribution in [2.45, 2.75) is 25.3 Å². The number of amides is 2. The number of carbonyl (C=O) groups excluding carboxylic acids is 1. The van der Waals surface area contributed by atoms with Gasteiger partial charge in [-0.3, -0.25) is 0 Å². The van der Waals surface area contributed by atoms with Crippen molar-refractivity contribution in [1.82, 2.24) is 10.2 Å². The van der Waals surface area contributed by atoms with E-state index in [9.17, 15) is 4.79 Å². The van der Waals surface area contributed by atoms with Crippen LogP contribution in [0.5, 0.6) is 0 Å². The maximum absolute atomic E-state index is 12.0. The van der Waals surface area contributed by atoms with Gasteiger partial charge in [-0.15, -0.1) is 6.58 Å². The second kappa shape index (κ2) is 6.24. The van der Waals surface area contributed by atoms with Crippen LogP contribution in [0.4, 0.5) is 4.79 Å². The first-order valence-electron chi connectivity index (χ1n) is 6.51. The Hall–Kier alpha value is -1.77. The Morgan fingerprint density at radius 2 is 2.00 bits per heavy atom. The Bertz CT molecular complexity index is 396. The Kier molecular flexibility index (Phi) is 4.40. The summed E-state index contributed by atoms with van der Waals surface area (Å²) in [6.07, 6.45) is 4.83. The van der Waals surface area contributed by atoms with E-state index in [-0.39, 0.29) is 12.1 Å². The van der Waals surface area contributed by atoms with Crippen LogP contribution < -0.4 is 5.32 Å². The van der Waals surface area contributed by atoms with Crippen molar-refractivity contribution < 1.29 is 4.79 Å². The summed E-state index contributed by atoms with van der Waals surface area (Å²) in [4.78, 5) is 13.8. The van der Waals surface area contributed by atoms with E-state index < -0.39 is 0 Å². The topological polar surface area (TPSA) is 32.3 Å². The first kappa shape index (κ1) is 12.7. The SMILES string of the molecule is C=CC(Cc1ccccc1)NC(=O)N1CCCC1. The normalized spacial score (nSPS) is 16.3. The number of carbonyl (C=O) groups is 1. The molecule has 0 aromatic heterocycles. The number of nitrogens with one attached hydrogen (secondary N) is 1. The van der Waals surface area contributed by atoms with Crippen LogP contribution in [0.2, 0.25) is 0 Å². The Morgan fingerprint density at radius 3 is 2.61 bits per heavy atom. The van der Waals surface area contributed by atoms with Gasteiger partial charge in [0.1, 0.15) is 0 Å². The van der Waals surface area contributed by atoms with E-state index in [0.717, 1.165) is 32.4 Å². The molecular weight excluding hydrogens is 224 g/mol. The van der Waals surface area contributed by atoms with Gasteiger partial charge in [-0.25, -0.2) is 4.79 Å². The molecule has 1 aromatic rings. The van der Waals surface area contributed by atoms with E-state index in [2.05, 4.69) is 24.0 Å². The van der Waals surface area contributed by atoms with E-state index >= 15 is 0 Å². The molecular formula is C15H20N2O. The van der Waals surface area contributed by atoms with Gasteiger partial charge in [0.25, 0.3) is 0 Å². The zero-order chi connectivity index (χ0) is 12.8.